The van der Waals surface area contributed by atoms with Crippen LogP contribution in [0.25, 0.3) is 0 Å². The van der Waals surface area contributed by atoms with Crippen molar-refractivity contribution < 1.29 is 22.7 Å². The first-order valence-corrected chi connectivity index (χ1v) is 4.40. The van der Waals surface area contributed by atoms with Crippen LogP contribution in [-0.2, 0) is 5.92 Å². The van der Waals surface area contributed by atoms with Crippen molar-refractivity contribution in [2.45, 2.75) is 12.3 Å². The van der Waals surface area contributed by atoms with E-state index < -0.39 is 41.2 Å². The zero-order chi connectivity index (χ0) is 11.6. The van der Waals surface area contributed by atoms with Crippen molar-refractivity contribution in [2.24, 2.45) is 0 Å². The minimum Gasteiger partial charge on any atom is -0.396 e. The van der Waals surface area contributed by atoms with Crippen molar-refractivity contribution in [3.8, 4) is 0 Å². The lowest BCUT2D eigenvalue weighted by Crippen LogP contribution is -2.17. The third kappa shape index (κ3) is 2.41. The van der Waals surface area contributed by atoms with Crippen LogP contribution >= 0.6 is 11.6 Å². The number of halogens is 5. The van der Waals surface area contributed by atoms with Gasteiger partial charge in [0.2, 0.25) is 0 Å². The summed E-state index contributed by atoms with van der Waals surface area (Å²) in [5, 5.41) is 7.40. The quantitative estimate of drug-likeness (QED) is 0.638. The SMILES string of the molecule is OCCC(F)(F)c1ccc(F)c(Cl)c1F. The molecule has 0 aliphatic carbocycles. The molecule has 15 heavy (non-hydrogen) atoms. The lowest BCUT2D eigenvalue weighted by Gasteiger charge is -2.16. The van der Waals surface area contributed by atoms with Crippen LogP contribution in [0.4, 0.5) is 17.6 Å². The molecule has 0 heterocycles. The number of hydrogen-bond acceptors (Lipinski definition) is 1. The maximum atomic E-state index is 13.1. The van der Waals surface area contributed by atoms with Gasteiger partial charge in [-0.1, -0.05) is 11.6 Å². The van der Waals surface area contributed by atoms with E-state index in [2.05, 4.69) is 0 Å². The number of hydrogen-bond donors (Lipinski definition) is 1. The minimum absolute atomic E-state index is 0.617. The van der Waals surface area contributed by atoms with Gasteiger partial charge in [0, 0.05) is 13.0 Å². The van der Waals surface area contributed by atoms with E-state index in [1.165, 1.54) is 0 Å². The molecular weight excluding hydrogens is 236 g/mol. The fourth-order valence-corrected chi connectivity index (χ4v) is 1.25. The molecule has 0 aromatic heterocycles. The van der Waals surface area contributed by atoms with E-state index in [9.17, 15) is 17.6 Å². The van der Waals surface area contributed by atoms with Crippen molar-refractivity contribution in [1.29, 1.82) is 0 Å². The highest BCUT2D eigenvalue weighted by molar-refractivity contribution is 6.30. The highest BCUT2D eigenvalue weighted by atomic mass is 35.5. The summed E-state index contributed by atoms with van der Waals surface area (Å²) >= 11 is 5.14. The van der Waals surface area contributed by atoms with Gasteiger partial charge in [0.1, 0.15) is 10.8 Å². The summed E-state index contributed by atoms with van der Waals surface area (Å²) < 4.78 is 52.1. The van der Waals surface area contributed by atoms with Gasteiger partial charge in [0.15, 0.2) is 5.82 Å². The molecule has 0 aliphatic heterocycles. The third-order valence-corrected chi connectivity index (χ3v) is 2.20. The predicted octanol–water partition coefficient (Wildman–Crippen LogP) is 3.09. The van der Waals surface area contributed by atoms with Crippen LogP contribution in [-0.4, -0.2) is 11.7 Å². The molecular formula is C9H7ClF4O. The van der Waals surface area contributed by atoms with E-state index in [1.54, 1.807) is 0 Å². The topological polar surface area (TPSA) is 20.2 Å². The lowest BCUT2D eigenvalue weighted by molar-refractivity contribution is -0.0300. The molecule has 0 radical (unpaired) electrons. The van der Waals surface area contributed by atoms with Gasteiger partial charge in [-0.2, -0.15) is 0 Å². The summed E-state index contributed by atoms with van der Waals surface area (Å²) in [6.07, 6.45) is -0.939. The molecule has 0 unspecified atom stereocenters. The van der Waals surface area contributed by atoms with Crippen LogP contribution in [0.1, 0.15) is 12.0 Å². The Kier molecular flexibility index (Phi) is 3.57. The van der Waals surface area contributed by atoms with Crippen LogP contribution in [0.5, 0.6) is 0 Å². The zero-order valence-corrected chi connectivity index (χ0v) is 8.16. The molecule has 1 N–H and O–H groups in total. The van der Waals surface area contributed by atoms with E-state index >= 15 is 0 Å². The molecule has 0 saturated heterocycles. The maximum Gasteiger partial charge on any atom is 0.278 e. The number of alkyl halides is 2. The highest BCUT2D eigenvalue weighted by Crippen LogP contribution is 2.36. The zero-order valence-electron chi connectivity index (χ0n) is 7.41. The summed E-state index contributed by atoms with van der Waals surface area (Å²) in [5.41, 5.74) is -1.01. The molecule has 1 rings (SSSR count). The van der Waals surface area contributed by atoms with Crippen molar-refractivity contribution in [3.63, 3.8) is 0 Å². The monoisotopic (exact) mass is 242 g/mol. The molecule has 6 heteroatoms. The average molecular weight is 243 g/mol. The van der Waals surface area contributed by atoms with E-state index in [4.69, 9.17) is 16.7 Å². The number of aliphatic hydroxyl groups is 1. The van der Waals surface area contributed by atoms with Gasteiger partial charge in [-0.15, -0.1) is 0 Å². The molecule has 0 spiro atoms. The molecule has 0 saturated carbocycles. The Bertz CT molecular complexity index is 367. The largest absolute Gasteiger partial charge is 0.396 e. The fourth-order valence-electron chi connectivity index (χ4n) is 1.08. The van der Waals surface area contributed by atoms with Crippen molar-refractivity contribution in [1.82, 2.24) is 0 Å². The summed E-state index contributed by atoms with van der Waals surface area (Å²) in [5.74, 6) is -6.15. The van der Waals surface area contributed by atoms with E-state index in [0.717, 1.165) is 0 Å². The summed E-state index contributed by atoms with van der Waals surface area (Å²) in [6.45, 7) is -0.804. The molecule has 0 amide bonds. The second-order valence-electron chi connectivity index (χ2n) is 2.90. The molecule has 1 aromatic rings. The summed E-state index contributed by atoms with van der Waals surface area (Å²) in [7, 11) is 0. The molecule has 1 nitrogen and oxygen atoms in total. The molecule has 1 aromatic carbocycles. The van der Waals surface area contributed by atoms with Gasteiger partial charge in [-0.25, -0.2) is 17.6 Å². The standard InChI is InChI=1S/C9H7ClF4O/c10-7-6(11)2-1-5(8(7)12)9(13,14)3-4-15/h1-2,15H,3-4H2. The van der Waals surface area contributed by atoms with E-state index in [-0.39, 0.29) is 0 Å². The van der Waals surface area contributed by atoms with Gasteiger partial charge >= 0.3 is 0 Å². The van der Waals surface area contributed by atoms with Crippen molar-refractivity contribution in [2.75, 3.05) is 6.61 Å². The second kappa shape index (κ2) is 4.37. The van der Waals surface area contributed by atoms with Crippen LogP contribution < -0.4 is 0 Å². The number of aliphatic hydroxyl groups excluding tert-OH is 1. The van der Waals surface area contributed by atoms with E-state index in [1.807, 2.05) is 0 Å². The van der Waals surface area contributed by atoms with Gasteiger partial charge in [-0.05, 0) is 12.1 Å². The number of benzene rings is 1. The van der Waals surface area contributed by atoms with Crippen LogP contribution in [0.15, 0.2) is 12.1 Å². The minimum atomic E-state index is -3.56. The van der Waals surface area contributed by atoms with Gasteiger partial charge in [-0.3, -0.25) is 0 Å². The first kappa shape index (κ1) is 12.3. The Labute approximate surface area is 88.3 Å². The Morgan fingerprint density at radius 1 is 1.27 bits per heavy atom. The lowest BCUT2D eigenvalue weighted by atomic mass is 10.1. The second-order valence-corrected chi connectivity index (χ2v) is 3.28. The molecule has 0 fully saturated rings. The molecule has 0 aliphatic rings. The first-order chi connectivity index (χ1) is 6.90. The summed E-state index contributed by atoms with van der Waals surface area (Å²) in [6, 6.07) is 1.28. The Balaban J connectivity index is 3.21. The van der Waals surface area contributed by atoms with Crippen LogP contribution in [0.3, 0.4) is 0 Å². The average Bonchev–Trinajstić information content (AvgIpc) is 2.13. The Hall–Kier alpha value is -0.810. The Morgan fingerprint density at radius 3 is 2.40 bits per heavy atom. The van der Waals surface area contributed by atoms with Gasteiger partial charge in [0.05, 0.1) is 5.56 Å². The summed E-state index contributed by atoms with van der Waals surface area (Å²) in [4.78, 5) is 0. The van der Waals surface area contributed by atoms with Crippen LogP contribution in [0.2, 0.25) is 5.02 Å². The third-order valence-electron chi connectivity index (χ3n) is 1.86. The predicted molar refractivity (Wildman–Crippen MR) is 47.0 cm³/mol. The van der Waals surface area contributed by atoms with Gasteiger partial charge < -0.3 is 5.11 Å². The van der Waals surface area contributed by atoms with Crippen molar-refractivity contribution in [3.05, 3.63) is 34.4 Å². The van der Waals surface area contributed by atoms with Crippen molar-refractivity contribution >= 4 is 11.6 Å². The van der Waals surface area contributed by atoms with Crippen LogP contribution in [0, 0.1) is 11.6 Å². The maximum absolute atomic E-state index is 13.1. The fraction of sp³-hybridized carbons (Fsp3) is 0.333. The van der Waals surface area contributed by atoms with Gasteiger partial charge in [0.25, 0.3) is 5.92 Å². The first-order valence-electron chi connectivity index (χ1n) is 4.03. The molecule has 0 atom stereocenters. The number of rotatable bonds is 3. The Morgan fingerprint density at radius 2 is 1.87 bits per heavy atom. The normalized spacial score (nSPS) is 11.9. The highest BCUT2D eigenvalue weighted by Gasteiger charge is 2.35. The van der Waals surface area contributed by atoms with E-state index in [0.29, 0.717) is 12.1 Å². The molecule has 84 valence electrons. The molecule has 0 bridgehead atoms. The smallest absolute Gasteiger partial charge is 0.278 e.